The van der Waals surface area contributed by atoms with E-state index in [0.717, 1.165) is 12.0 Å². The number of para-hydroxylation sites is 1. The molecule has 8 rings (SSSR count). The average molecular weight is 498 g/mol. The van der Waals surface area contributed by atoms with Gasteiger partial charge in [-0.05, 0) is 87.5 Å². The van der Waals surface area contributed by atoms with Gasteiger partial charge in [-0.2, -0.15) is 0 Å². The summed E-state index contributed by atoms with van der Waals surface area (Å²) in [4.78, 5) is 0. The van der Waals surface area contributed by atoms with E-state index < -0.39 is 0 Å². The number of hydrogen-bond acceptors (Lipinski definition) is 0. The zero-order chi connectivity index (χ0) is 26.1. The molecule has 1 heterocycles. The lowest BCUT2D eigenvalue weighted by molar-refractivity contribution is 0.952. The van der Waals surface area contributed by atoms with Gasteiger partial charge >= 0.3 is 0 Å². The minimum absolute atomic E-state index is 0.982. The van der Waals surface area contributed by atoms with E-state index in [1.807, 2.05) is 0 Å². The van der Waals surface area contributed by atoms with Gasteiger partial charge in [0.2, 0.25) is 0 Å². The summed E-state index contributed by atoms with van der Waals surface area (Å²) in [5.41, 5.74) is 19.1. The van der Waals surface area contributed by atoms with Gasteiger partial charge in [-0.15, -0.1) is 5.73 Å². The Kier molecular flexibility index (Phi) is 4.74. The normalized spacial score (nSPS) is 13.3. The third-order valence-corrected chi connectivity index (χ3v) is 8.59. The first-order chi connectivity index (χ1) is 19.3. The molecule has 1 heteroatoms. The predicted octanol–water partition coefficient (Wildman–Crippen LogP) is 9.67. The van der Waals surface area contributed by atoms with Crippen LogP contribution in [0.25, 0.3) is 49.6 Å². The van der Waals surface area contributed by atoms with Gasteiger partial charge in [0.25, 0.3) is 0 Å². The fourth-order valence-corrected chi connectivity index (χ4v) is 6.89. The second kappa shape index (κ2) is 8.33. The molecule has 0 N–H and O–H groups in total. The van der Waals surface area contributed by atoms with Crippen molar-refractivity contribution in [2.75, 3.05) is 0 Å². The maximum atomic E-state index is 3.69. The van der Waals surface area contributed by atoms with Gasteiger partial charge in [0.15, 0.2) is 0 Å². The van der Waals surface area contributed by atoms with Crippen LogP contribution in [0.1, 0.15) is 40.4 Å². The highest BCUT2D eigenvalue weighted by atomic mass is 15.0. The van der Waals surface area contributed by atoms with E-state index in [9.17, 15) is 0 Å². The van der Waals surface area contributed by atoms with E-state index in [-0.39, 0.29) is 0 Å². The fourth-order valence-electron chi connectivity index (χ4n) is 6.89. The topological polar surface area (TPSA) is 4.93 Å². The lowest BCUT2D eigenvalue weighted by atomic mass is 9.88. The van der Waals surface area contributed by atoms with Crippen molar-refractivity contribution < 1.29 is 0 Å². The summed E-state index contributed by atoms with van der Waals surface area (Å²) in [7, 11) is 0. The largest absolute Gasteiger partial charge is 0.313 e. The van der Waals surface area contributed by atoms with E-state index >= 15 is 0 Å². The predicted molar refractivity (Wildman–Crippen MR) is 164 cm³/mol. The Balaban J connectivity index is 1.39. The van der Waals surface area contributed by atoms with Gasteiger partial charge in [0.1, 0.15) is 0 Å². The molecule has 2 aliphatic carbocycles. The monoisotopic (exact) mass is 497 g/mol. The molecule has 0 fully saturated rings. The zero-order valence-electron chi connectivity index (χ0n) is 22.1. The minimum Gasteiger partial charge on any atom is -0.313 e. The number of fused-ring (bicyclic) bond motifs is 5. The highest BCUT2D eigenvalue weighted by Crippen LogP contribution is 2.49. The van der Waals surface area contributed by atoms with Gasteiger partial charge in [-0.25, -0.2) is 0 Å². The molecule has 1 aromatic heterocycles. The van der Waals surface area contributed by atoms with Crippen LogP contribution in [0, 0.1) is 6.92 Å². The maximum Gasteiger partial charge on any atom is 0.0537 e. The summed E-state index contributed by atoms with van der Waals surface area (Å²) in [6, 6.07) is 37.7. The van der Waals surface area contributed by atoms with Crippen molar-refractivity contribution >= 4 is 32.8 Å². The van der Waals surface area contributed by atoms with Crippen molar-refractivity contribution in [3.05, 3.63) is 155 Å². The van der Waals surface area contributed by atoms with Crippen molar-refractivity contribution in [2.24, 2.45) is 0 Å². The van der Waals surface area contributed by atoms with Crippen molar-refractivity contribution in [1.29, 1.82) is 0 Å². The summed E-state index contributed by atoms with van der Waals surface area (Å²) in [6.07, 6.45) is 5.33. The lowest BCUT2D eigenvalue weighted by Crippen LogP contribution is -2.02. The summed E-state index contributed by atoms with van der Waals surface area (Å²) in [6.45, 7) is 4.52. The molecule has 0 saturated carbocycles. The zero-order valence-corrected chi connectivity index (χ0v) is 22.1. The molecule has 184 valence electrons. The van der Waals surface area contributed by atoms with E-state index in [1.54, 1.807) is 0 Å². The fraction of sp³-hybridized carbons (Fsp3) is 0.0789. The number of hydrogen-bond donors (Lipinski definition) is 0. The second-order valence-electron chi connectivity index (χ2n) is 10.5. The first kappa shape index (κ1) is 22.2. The van der Waals surface area contributed by atoms with Crippen molar-refractivity contribution in [1.82, 2.24) is 4.57 Å². The van der Waals surface area contributed by atoms with Crippen LogP contribution in [-0.2, 0) is 6.42 Å². The van der Waals surface area contributed by atoms with Crippen LogP contribution in [0.15, 0.2) is 121 Å². The van der Waals surface area contributed by atoms with Crippen molar-refractivity contribution in [3.63, 3.8) is 0 Å². The van der Waals surface area contributed by atoms with Crippen molar-refractivity contribution in [2.45, 2.75) is 20.3 Å². The Hall–Kier alpha value is -4.84. The Bertz CT molecular complexity index is 2090. The number of rotatable bonds is 3. The maximum absolute atomic E-state index is 3.69. The summed E-state index contributed by atoms with van der Waals surface area (Å²) < 4.78 is 2.48. The van der Waals surface area contributed by atoms with Crippen LogP contribution in [-0.4, -0.2) is 4.57 Å². The van der Waals surface area contributed by atoms with Gasteiger partial charge in [0, 0.05) is 22.0 Å². The van der Waals surface area contributed by atoms with Crippen LogP contribution in [0.4, 0.5) is 0 Å². The third-order valence-electron chi connectivity index (χ3n) is 8.59. The molecule has 0 saturated heterocycles. The number of allylic oxidation sites excluding steroid dienone is 2. The molecule has 0 unspecified atom stereocenters. The highest BCUT2D eigenvalue weighted by molar-refractivity contribution is 6.09. The molecule has 0 atom stereocenters. The molecule has 0 aliphatic heterocycles. The van der Waals surface area contributed by atoms with Gasteiger partial charge < -0.3 is 4.57 Å². The average Bonchev–Trinajstić information content (AvgIpc) is 3.37. The molecule has 0 spiro atoms. The van der Waals surface area contributed by atoms with Crippen LogP contribution in [0.2, 0.25) is 0 Å². The van der Waals surface area contributed by atoms with E-state index in [1.165, 1.54) is 77.6 Å². The Morgan fingerprint density at radius 3 is 2.15 bits per heavy atom. The highest BCUT2D eigenvalue weighted by Gasteiger charge is 2.28. The van der Waals surface area contributed by atoms with Gasteiger partial charge in [-0.1, -0.05) is 97.9 Å². The van der Waals surface area contributed by atoms with Crippen LogP contribution in [0.3, 0.4) is 0 Å². The minimum atomic E-state index is 0.982. The standard InChI is InChI=1S/C38H27N/c1-3-35-24(2)25-12-8-9-21-36(25)39(35)37-23-22-30(26-13-6-7-16-31(26)37)29-17-10-18-32-27-14-4-5-15-28(27)33-19-11-20-34(29)38(32)33/h4-16,18-23H,3H2,1-2H3. The molecule has 39 heavy (non-hydrogen) atoms. The molecule has 0 bridgehead atoms. The van der Waals surface area contributed by atoms with Gasteiger partial charge in [-0.3, -0.25) is 0 Å². The molecule has 2 aliphatic rings. The van der Waals surface area contributed by atoms with Crippen LogP contribution >= 0.6 is 0 Å². The smallest absolute Gasteiger partial charge is 0.0537 e. The van der Waals surface area contributed by atoms with Crippen LogP contribution < -0.4 is 0 Å². The van der Waals surface area contributed by atoms with Crippen LogP contribution in [0.5, 0.6) is 0 Å². The number of aryl methyl sites for hydroxylation is 1. The SMILES string of the molecule is CCc1c(C)c2ccccc2n1-c1ccc(C2=C=CC=C3c4ccccc4-c4cccc2c43)c2ccccc12. The molecule has 1 nitrogen and oxygen atoms in total. The molecular formula is C38H27N. The van der Waals surface area contributed by atoms with E-state index in [0.29, 0.717) is 0 Å². The summed E-state index contributed by atoms with van der Waals surface area (Å²) in [5.74, 6) is 0. The summed E-state index contributed by atoms with van der Waals surface area (Å²) >= 11 is 0. The quantitative estimate of drug-likeness (QED) is 0.214. The molecular weight excluding hydrogens is 470 g/mol. The summed E-state index contributed by atoms with van der Waals surface area (Å²) in [5, 5.41) is 3.84. The third kappa shape index (κ3) is 3.03. The van der Waals surface area contributed by atoms with E-state index in [4.69, 9.17) is 0 Å². The Morgan fingerprint density at radius 2 is 1.31 bits per heavy atom. The Labute approximate surface area is 228 Å². The number of benzene rings is 5. The number of nitrogens with zero attached hydrogens (tertiary/aromatic N) is 1. The molecule has 0 radical (unpaired) electrons. The number of aromatic nitrogens is 1. The Morgan fingerprint density at radius 1 is 0.615 bits per heavy atom. The lowest BCUT2D eigenvalue weighted by Gasteiger charge is -2.18. The molecule has 6 aromatic rings. The first-order valence-electron chi connectivity index (χ1n) is 13.8. The van der Waals surface area contributed by atoms with E-state index in [2.05, 4.69) is 139 Å². The van der Waals surface area contributed by atoms with Gasteiger partial charge in [0.05, 0.1) is 11.2 Å². The molecule has 0 amide bonds. The first-order valence-corrected chi connectivity index (χ1v) is 13.8. The van der Waals surface area contributed by atoms with Crippen molar-refractivity contribution in [3.8, 4) is 16.8 Å². The second-order valence-corrected chi connectivity index (χ2v) is 10.5. The molecule has 5 aromatic carbocycles.